The quantitative estimate of drug-likeness (QED) is 0.662. The fraction of sp³-hybridized carbons (Fsp3) is 0.467. The molecule has 4 N–H and O–H groups in total. The van der Waals surface area contributed by atoms with Gasteiger partial charge in [-0.1, -0.05) is 12.1 Å². The van der Waals surface area contributed by atoms with Crippen LogP contribution in [0.5, 0.6) is 0 Å². The summed E-state index contributed by atoms with van der Waals surface area (Å²) in [7, 11) is 0. The van der Waals surface area contributed by atoms with E-state index in [1.54, 1.807) is 30.0 Å². The Morgan fingerprint density at radius 1 is 1.29 bits per heavy atom. The van der Waals surface area contributed by atoms with Crippen LogP contribution in [0.15, 0.2) is 24.3 Å². The highest BCUT2D eigenvalue weighted by Gasteiger charge is 2.23. The van der Waals surface area contributed by atoms with E-state index < -0.39 is 12.0 Å². The minimum atomic E-state index is -0.911. The zero-order valence-electron chi connectivity index (χ0n) is 12.7. The highest BCUT2D eigenvalue weighted by Crippen LogP contribution is 2.24. The fourth-order valence-corrected chi connectivity index (χ4v) is 2.03. The molecule has 1 rings (SSSR count). The largest absolute Gasteiger partial charge is 0.481 e. The maximum atomic E-state index is 12.2. The van der Waals surface area contributed by atoms with Crippen molar-refractivity contribution < 1.29 is 14.7 Å². The van der Waals surface area contributed by atoms with E-state index in [-0.39, 0.29) is 24.9 Å². The lowest BCUT2D eigenvalue weighted by atomic mass is 10.1. The Kier molecular flexibility index (Phi) is 6.02. The number of rotatable bonds is 7. The molecule has 0 spiro atoms. The van der Waals surface area contributed by atoms with Gasteiger partial charge in [-0.2, -0.15) is 0 Å². The number of carboxylic acid groups (broad SMARTS) is 1. The first kappa shape index (κ1) is 16.8. The standard InChI is InChI=1S/C15H23N3O3/c1-10(2)17-15(21)11(3)18(9-8-14(19)20)13-7-5-4-6-12(13)16/h4-7,10-11H,8-9,16H2,1-3H3,(H,17,21)(H,19,20). The van der Waals surface area contributed by atoms with Gasteiger partial charge in [0.05, 0.1) is 17.8 Å². The Balaban J connectivity index is 2.99. The summed E-state index contributed by atoms with van der Waals surface area (Å²) < 4.78 is 0. The lowest BCUT2D eigenvalue weighted by Gasteiger charge is -2.31. The van der Waals surface area contributed by atoms with Crippen molar-refractivity contribution in [2.45, 2.75) is 39.3 Å². The summed E-state index contributed by atoms with van der Waals surface area (Å²) >= 11 is 0. The molecule has 1 aromatic rings. The topological polar surface area (TPSA) is 95.7 Å². The van der Waals surface area contributed by atoms with E-state index in [1.807, 2.05) is 19.9 Å². The number of amides is 1. The number of benzene rings is 1. The number of carbonyl (C=O) groups is 2. The molecule has 116 valence electrons. The smallest absolute Gasteiger partial charge is 0.305 e. The van der Waals surface area contributed by atoms with Crippen LogP contribution >= 0.6 is 0 Å². The van der Waals surface area contributed by atoms with E-state index in [0.29, 0.717) is 11.4 Å². The Bertz CT molecular complexity index is 503. The maximum absolute atomic E-state index is 12.2. The Morgan fingerprint density at radius 3 is 2.43 bits per heavy atom. The van der Waals surface area contributed by atoms with Crippen molar-refractivity contribution in [3.63, 3.8) is 0 Å². The van der Waals surface area contributed by atoms with Crippen LogP contribution in [0.25, 0.3) is 0 Å². The van der Waals surface area contributed by atoms with Crippen molar-refractivity contribution in [1.82, 2.24) is 5.32 Å². The van der Waals surface area contributed by atoms with Gasteiger partial charge in [0.15, 0.2) is 0 Å². The first-order valence-corrected chi connectivity index (χ1v) is 6.96. The van der Waals surface area contributed by atoms with Crippen molar-refractivity contribution in [1.29, 1.82) is 0 Å². The predicted octanol–water partition coefficient (Wildman–Crippen LogP) is 1.46. The third kappa shape index (κ3) is 4.98. The van der Waals surface area contributed by atoms with Gasteiger partial charge in [0.25, 0.3) is 0 Å². The number of carbonyl (C=O) groups excluding carboxylic acids is 1. The van der Waals surface area contributed by atoms with Gasteiger partial charge in [0, 0.05) is 12.6 Å². The molecule has 1 aromatic carbocycles. The molecular weight excluding hydrogens is 270 g/mol. The number of para-hydroxylation sites is 2. The summed E-state index contributed by atoms with van der Waals surface area (Å²) in [5.74, 6) is -1.07. The number of nitrogen functional groups attached to an aromatic ring is 1. The minimum Gasteiger partial charge on any atom is -0.481 e. The number of aliphatic carboxylic acids is 1. The molecule has 0 fully saturated rings. The lowest BCUT2D eigenvalue weighted by molar-refractivity contribution is -0.137. The zero-order chi connectivity index (χ0) is 16.0. The van der Waals surface area contributed by atoms with Crippen LogP contribution in [0.1, 0.15) is 27.2 Å². The van der Waals surface area contributed by atoms with Crippen LogP contribution in [-0.4, -0.2) is 35.6 Å². The fourth-order valence-electron chi connectivity index (χ4n) is 2.03. The van der Waals surface area contributed by atoms with Crippen molar-refractivity contribution in [2.75, 3.05) is 17.2 Å². The highest BCUT2D eigenvalue weighted by molar-refractivity contribution is 5.86. The maximum Gasteiger partial charge on any atom is 0.305 e. The van der Waals surface area contributed by atoms with E-state index in [9.17, 15) is 9.59 Å². The van der Waals surface area contributed by atoms with Crippen molar-refractivity contribution in [2.24, 2.45) is 0 Å². The molecular formula is C15H23N3O3. The Hall–Kier alpha value is -2.24. The molecule has 1 atom stereocenters. The second-order valence-corrected chi connectivity index (χ2v) is 5.24. The monoisotopic (exact) mass is 293 g/mol. The molecule has 6 heteroatoms. The summed E-state index contributed by atoms with van der Waals surface area (Å²) in [5.41, 5.74) is 7.14. The third-order valence-electron chi connectivity index (χ3n) is 3.09. The van der Waals surface area contributed by atoms with Gasteiger partial charge in [0.2, 0.25) is 5.91 Å². The number of carboxylic acids is 1. The van der Waals surface area contributed by atoms with Gasteiger partial charge < -0.3 is 21.1 Å². The third-order valence-corrected chi connectivity index (χ3v) is 3.09. The van der Waals surface area contributed by atoms with E-state index in [0.717, 1.165) is 0 Å². The average Bonchev–Trinajstić information content (AvgIpc) is 2.39. The number of nitrogens with zero attached hydrogens (tertiary/aromatic N) is 1. The number of anilines is 2. The van der Waals surface area contributed by atoms with E-state index >= 15 is 0 Å². The molecule has 0 aliphatic rings. The normalized spacial score (nSPS) is 12.0. The average molecular weight is 293 g/mol. The summed E-state index contributed by atoms with van der Waals surface area (Å²) in [5, 5.41) is 11.7. The van der Waals surface area contributed by atoms with E-state index in [2.05, 4.69) is 5.32 Å². The summed E-state index contributed by atoms with van der Waals surface area (Å²) in [6.45, 7) is 5.72. The van der Waals surface area contributed by atoms with Crippen LogP contribution in [0, 0.1) is 0 Å². The number of hydrogen-bond acceptors (Lipinski definition) is 4. The predicted molar refractivity (Wildman–Crippen MR) is 83.2 cm³/mol. The van der Waals surface area contributed by atoms with Crippen molar-refractivity contribution in [3.8, 4) is 0 Å². The molecule has 0 radical (unpaired) electrons. The van der Waals surface area contributed by atoms with Gasteiger partial charge in [-0.15, -0.1) is 0 Å². The molecule has 0 saturated heterocycles. The van der Waals surface area contributed by atoms with Gasteiger partial charge in [-0.25, -0.2) is 0 Å². The number of nitrogens with one attached hydrogen (secondary N) is 1. The molecule has 0 aromatic heterocycles. The first-order chi connectivity index (χ1) is 9.82. The summed E-state index contributed by atoms with van der Waals surface area (Å²) in [6.07, 6.45) is -0.0619. The Morgan fingerprint density at radius 2 is 1.90 bits per heavy atom. The van der Waals surface area contributed by atoms with E-state index in [1.165, 1.54) is 0 Å². The van der Waals surface area contributed by atoms with Gasteiger partial charge in [-0.3, -0.25) is 9.59 Å². The molecule has 0 heterocycles. The second kappa shape index (κ2) is 7.52. The van der Waals surface area contributed by atoms with Crippen LogP contribution < -0.4 is 16.0 Å². The zero-order valence-corrected chi connectivity index (χ0v) is 12.7. The molecule has 6 nitrogen and oxygen atoms in total. The summed E-state index contributed by atoms with van der Waals surface area (Å²) in [4.78, 5) is 24.7. The second-order valence-electron chi connectivity index (χ2n) is 5.24. The van der Waals surface area contributed by atoms with Crippen LogP contribution in [-0.2, 0) is 9.59 Å². The number of nitrogens with two attached hydrogens (primary N) is 1. The SMILES string of the molecule is CC(C)NC(=O)C(C)N(CCC(=O)O)c1ccccc1N. The highest BCUT2D eigenvalue weighted by atomic mass is 16.4. The molecule has 1 amide bonds. The van der Waals surface area contributed by atoms with Gasteiger partial charge >= 0.3 is 5.97 Å². The molecule has 21 heavy (non-hydrogen) atoms. The molecule has 1 unspecified atom stereocenters. The lowest BCUT2D eigenvalue weighted by Crippen LogP contribution is -2.48. The van der Waals surface area contributed by atoms with Crippen molar-refractivity contribution in [3.05, 3.63) is 24.3 Å². The molecule has 0 bridgehead atoms. The van der Waals surface area contributed by atoms with Gasteiger partial charge in [-0.05, 0) is 32.9 Å². The van der Waals surface area contributed by atoms with Crippen molar-refractivity contribution >= 4 is 23.3 Å². The van der Waals surface area contributed by atoms with Crippen LogP contribution in [0.2, 0.25) is 0 Å². The van der Waals surface area contributed by atoms with Gasteiger partial charge in [0.1, 0.15) is 6.04 Å². The molecule has 0 saturated carbocycles. The first-order valence-electron chi connectivity index (χ1n) is 6.96. The molecule has 0 aliphatic heterocycles. The van der Waals surface area contributed by atoms with E-state index in [4.69, 9.17) is 10.8 Å². The Labute approximate surface area is 124 Å². The molecule has 0 aliphatic carbocycles. The summed E-state index contributed by atoms with van der Waals surface area (Å²) in [6, 6.07) is 6.65. The van der Waals surface area contributed by atoms with Crippen LogP contribution in [0.3, 0.4) is 0 Å². The van der Waals surface area contributed by atoms with Crippen LogP contribution in [0.4, 0.5) is 11.4 Å². The number of hydrogen-bond donors (Lipinski definition) is 3. The minimum absolute atomic E-state index is 0.0226.